The van der Waals surface area contributed by atoms with Gasteiger partial charge >= 0.3 is 6.03 Å². The number of methoxy groups -OCH3 is 1. The van der Waals surface area contributed by atoms with E-state index in [-0.39, 0.29) is 12.1 Å². The molecule has 8 heteroatoms. The van der Waals surface area contributed by atoms with Crippen molar-refractivity contribution in [1.29, 1.82) is 0 Å². The summed E-state index contributed by atoms with van der Waals surface area (Å²) in [6.07, 6.45) is 5.55. The summed E-state index contributed by atoms with van der Waals surface area (Å²) < 4.78 is 7.13. The fraction of sp³-hybridized carbons (Fsp3) is 0.300. The van der Waals surface area contributed by atoms with Crippen LogP contribution in [0.5, 0.6) is 5.75 Å². The SMILES string of the molecule is COc1ccccc1-c1c(C)nn(C)c1NC(=O)N[C@H](C)Cc1cnccn1. The molecule has 0 aliphatic rings. The molecule has 28 heavy (non-hydrogen) atoms. The van der Waals surface area contributed by atoms with Crippen LogP contribution in [-0.4, -0.2) is 38.9 Å². The number of para-hydroxylation sites is 1. The van der Waals surface area contributed by atoms with Gasteiger partial charge in [-0.3, -0.25) is 20.0 Å². The molecule has 0 saturated carbocycles. The third-order valence-corrected chi connectivity index (χ3v) is 4.34. The number of rotatable bonds is 6. The molecular weight excluding hydrogens is 356 g/mol. The zero-order valence-electron chi connectivity index (χ0n) is 16.4. The molecule has 0 unspecified atom stereocenters. The van der Waals surface area contributed by atoms with Crippen molar-refractivity contribution in [3.8, 4) is 16.9 Å². The summed E-state index contributed by atoms with van der Waals surface area (Å²) >= 11 is 0. The van der Waals surface area contributed by atoms with E-state index in [4.69, 9.17) is 4.74 Å². The van der Waals surface area contributed by atoms with Gasteiger partial charge in [0.05, 0.1) is 24.1 Å². The van der Waals surface area contributed by atoms with E-state index in [9.17, 15) is 4.79 Å². The quantitative estimate of drug-likeness (QED) is 0.686. The van der Waals surface area contributed by atoms with Crippen LogP contribution >= 0.6 is 0 Å². The van der Waals surface area contributed by atoms with E-state index in [1.54, 1.807) is 37.4 Å². The van der Waals surface area contributed by atoms with E-state index in [1.165, 1.54) is 0 Å². The number of aromatic nitrogens is 4. The minimum absolute atomic E-state index is 0.110. The maximum atomic E-state index is 12.6. The first-order valence-corrected chi connectivity index (χ1v) is 8.99. The van der Waals surface area contributed by atoms with Crippen LogP contribution in [-0.2, 0) is 13.5 Å². The maximum Gasteiger partial charge on any atom is 0.320 e. The number of urea groups is 1. The molecule has 146 valence electrons. The number of hydrogen-bond acceptors (Lipinski definition) is 5. The van der Waals surface area contributed by atoms with Crippen molar-refractivity contribution in [2.45, 2.75) is 26.3 Å². The summed E-state index contributed by atoms with van der Waals surface area (Å²) in [5.41, 5.74) is 3.33. The molecule has 3 aromatic rings. The lowest BCUT2D eigenvalue weighted by Gasteiger charge is -2.16. The minimum Gasteiger partial charge on any atom is -0.496 e. The van der Waals surface area contributed by atoms with Gasteiger partial charge in [0.15, 0.2) is 0 Å². The predicted octanol–water partition coefficient (Wildman–Crippen LogP) is 2.95. The second-order valence-electron chi connectivity index (χ2n) is 6.53. The molecule has 2 aromatic heterocycles. The third-order valence-electron chi connectivity index (χ3n) is 4.34. The van der Waals surface area contributed by atoms with Crippen LogP contribution in [0.4, 0.5) is 10.6 Å². The first-order valence-electron chi connectivity index (χ1n) is 8.99. The molecule has 2 amide bonds. The standard InChI is InChI=1S/C20H24N6O2/c1-13(11-15-12-21-9-10-22-15)23-20(27)24-19-18(14(2)25-26(19)3)16-7-5-6-8-17(16)28-4/h5-10,12-13H,11H2,1-4H3,(H2,23,24,27)/t13-/m1/s1. The smallest absolute Gasteiger partial charge is 0.320 e. The zero-order chi connectivity index (χ0) is 20.1. The molecule has 3 rings (SSSR count). The number of carbonyl (C=O) groups is 1. The molecule has 2 heterocycles. The van der Waals surface area contributed by atoms with Crippen LogP contribution in [0, 0.1) is 6.92 Å². The van der Waals surface area contributed by atoms with Crippen molar-refractivity contribution in [3.63, 3.8) is 0 Å². The number of benzene rings is 1. The second kappa shape index (κ2) is 8.51. The topological polar surface area (TPSA) is 94.0 Å². The van der Waals surface area contributed by atoms with Crippen molar-refractivity contribution in [1.82, 2.24) is 25.1 Å². The average molecular weight is 380 g/mol. The molecule has 2 N–H and O–H groups in total. The summed E-state index contributed by atoms with van der Waals surface area (Å²) in [5.74, 6) is 1.32. The fourth-order valence-electron chi connectivity index (χ4n) is 3.14. The monoisotopic (exact) mass is 380 g/mol. The van der Waals surface area contributed by atoms with Crippen LogP contribution in [0.1, 0.15) is 18.3 Å². The number of nitrogens with zero attached hydrogens (tertiary/aromatic N) is 4. The Morgan fingerprint density at radius 3 is 2.79 bits per heavy atom. The average Bonchev–Trinajstić information content (AvgIpc) is 2.95. The molecule has 0 bridgehead atoms. The molecule has 0 saturated heterocycles. The van der Waals surface area contributed by atoms with Gasteiger partial charge in [-0.1, -0.05) is 18.2 Å². The summed E-state index contributed by atoms with van der Waals surface area (Å²) in [6.45, 7) is 3.82. The Morgan fingerprint density at radius 2 is 2.07 bits per heavy atom. The largest absolute Gasteiger partial charge is 0.496 e. The molecule has 0 aliphatic carbocycles. The molecule has 1 atom stereocenters. The Labute approximate surface area is 164 Å². The summed E-state index contributed by atoms with van der Waals surface area (Å²) in [7, 11) is 3.42. The van der Waals surface area contributed by atoms with E-state index in [0.29, 0.717) is 12.2 Å². The number of aryl methyl sites for hydroxylation is 2. The van der Waals surface area contributed by atoms with Gasteiger partial charge in [0.2, 0.25) is 0 Å². The fourth-order valence-corrected chi connectivity index (χ4v) is 3.14. The Balaban J connectivity index is 1.78. The van der Waals surface area contributed by atoms with Gasteiger partial charge in [0, 0.05) is 43.7 Å². The highest BCUT2D eigenvalue weighted by Gasteiger charge is 2.20. The van der Waals surface area contributed by atoms with Crippen molar-refractivity contribution in [2.24, 2.45) is 7.05 Å². The highest BCUT2D eigenvalue weighted by molar-refractivity contribution is 5.94. The normalized spacial score (nSPS) is 11.7. The van der Waals surface area contributed by atoms with Crippen LogP contribution in [0.2, 0.25) is 0 Å². The highest BCUT2D eigenvalue weighted by Crippen LogP contribution is 2.37. The summed E-state index contributed by atoms with van der Waals surface area (Å²) in [6, 6.07) is 7.24. The van der Waals surface area contributed by atoms with Crippen molar-refractivity contribution >= 4 is 11.8 Å². The lowest BCUT2D eigenvalue weighted by molar-refractivity contribution is 0.249. The lowest BCUT2D eigenvalue weighted by Crippen LogP contribution is -2.38. The van der Waals surface area contributed by atoms with Crippen molar-refractivity contribution in [2.75, 3.05) is 12.4 Å². The van der Waals surface area contributed by atoms with Crippen molar-refractivity contribution in [3.05, 3.63) is 54.2 Å². The maximum absolute atomic E-state index is 12.6. The lowest BCUT2D eigenvalue weighted by atomic mass is 10.0. The zero-order valence-corrected chi connectivity index (χ0v) is 16.4. The number of hydrogen-bond donors (Lipinski definition) is 2. The van der Waals surface area contributed by atoms with Gasteiger partial charge < -0.3 is 10.1 Å². The van der Waals surface area contributed by atoms with Gasteiger partial charge in [-0.2, -0.15) is 5.10 Å². The number of carbonyl (C=O) groups excluding carboxylic acids is 1. The van der Waals surface area contributed by atoms with E-state index in [2.05, 4.69) is 25.7 Å². The molecule has 0 radical (unpaired) electrons. The molecular formula is C20H24N6O2. The van der Waals surface area contributed by atoms with Crippen LogP contribution in [0.3, 0.4) is 0 Å². The Hall–Kier alpha value is -3.42. The predicted molar refractivity (Wildman–Crippen MR) is 107 cm³/mol. The van der Waals surface area contributed by atoms with Gasteiger partial charge in [-0.25, -0.2) is 4.79 Å². The molecule has 0 aliphatic heterocycles. The van der Waals surface area contributed by atoms with E-state index in [0.717, 1.165) is 28.3 Å². The summed E-state index contributed by atoms with van der Waals surface area (Å²) in [4.78, 5) is 20.9. The van der Waals surface area contributed by atoms with Gasteiger partial charge in [-0.05, 0) is 19.9 Å². The van der Waals surface area contributed by atoms with Crippen LogP contribution in [0.15, 0.2) is 42.9 Å². The minimum atomic E-state index is -0.310. The van der Waals surface area contributed by atoms with E-state index < -0.39 is 0 Å². The third kappa shape index (κ3) is 4.28. The van der Waals surface area contributed by atoms with E-state index in [1.807, 2.05) is 38.1 Å². The van der Waals surface area contributed by atoms with Gasteiger partial charge in [0.1, 0.15) is 11.6 Å². The van der Waals surface area contributed by atoms with Crippen LogP contribution < -0.4 is 15.4 Å². The number of anilines is 1. The van der Waals surface area contributed by atoms with E-state index >= 15 is 0 Å². The highest BCUT2D eigenvalue weighted by atomic mass is 16.5. The first kappa shape index (κ1) is 19.3. The molecule has 8 nitrogen and oxygen atoms in total. The second-order valence-corrected chi connectivity index (χ2v) is 6.53. The van der Waals surface area contributed by atoms with Crippen LogP contribution in [0.25, 0.3) is 11.1 Å². The summed E-state index contributed by atoms with van der Waals surface area (Å²) in [5, 5.41) is 10.3. The molecule has 0 fully saturated rings. The number of ether oxygens (including phenoxy) is 1. The molecule has 0 spiro atoms. The number of amides is 2. The van der Waals surface area contributed by atoms with Gasteiger partial charge in [0.25, 0.3) is 0 Å². The molecule has 1 aromatic carbocycles. The first-order chi connectivity index (χ1) is 13.5. The Kier molecular flexibility index (Phi) is 5.88. The van der Waals surface area contributed by atoms with Gasteiger partial charge in [-0.15, -0.1) is 0 Å². The van der Waals surface area contributed by atoms with Crippen molar-refractivity contribution < 1.29 is 9.53 Å². The Bertz CT molecular complexity index is 955. The Morgan fingerprint density at radius 1 is 1.29 bits per heavy atom. The number of nitrogens with one attached hydrogen (secondary N) is 2.